The van der Waals surface area contributed by atoms with Crippen molar-refractivity contribution in [2.75, 3.05) is 32.7 Å². The first kappa shape index (κ1) is 17.9. The van der Waals surface area contributed by atoms with E-state index in [0.717, 1.165) is 6.42 Å². The normalized spacial score (nSPS) is 19.6. The van der Waals surface area contributed by atoms with Crippen molar-refractivity contribution < 1.29 is 14.7 Å². The minimum atomic E-state index is -0.810. The van der Waals surface area contributed by atoms with Gasteiger partial charge in [0.15, 0.2) is 0 Å². The number of hydrogen-bond acceptors (Lipinski definition) is 4. The summed E-state index contributed by atoms with van der Waals surface area (Å²) in [5, 5.41) is 9.01. The third-order valence-electron chi connectivity index (χ3n) is 4.17. The molecule has 0 aromatic rings. The second kappa shape index (κ2) is 8.34. The Labute approximate surface area is 127 Å². The van der Waals surface area contributed by atoms with Crippen LogP contribution in [0.5, 0.6) is 0 Å². The highest BCUT2D eigenvalue weighted by molar-refractivity contribution is 5.76. The fraction of sp³-hybridized carbons (Fsp3) is 0.867. The number of amides is 1. The summed E-state index contributed by atoms with van der Waals surface area (Å²) in [5.41, 5.74) is 5.75. The van der Waals surface area contributed by atoms with Gasteiger partial charge in [-0.3, -0.25) is 14.5 Å². The van der Waals surface area contributed by atoms with E-state index in [2.05, 4.69) is 13.8 Å². The molecule has 0 aromatic heterocycles. The fourth-order valence-electron chi connectivity index (χ4n) is 2.82. The summed E-state index contributed by atoms with van der Waals surface area (Å²) in [5.74, 6) is 0.122. The Hall–Kier alpha value is -1.14. The Morgan fingerprint density at radius 2 is 1.71 bits per heavy atom. The van der Waals surface area contributed by atoms with E-state index in [1.807, 2.05) is 9.80 Å². The number of carbonyl (C=O) groups excluding carboxylic acids is 1. The molecule has 0 saturated carbocycles. The summed E-state index contributed by atoms with van der Waals surface area (Å²) < 4.78 is 0. The number of hydrogen-bond donors (Lipinski definition) is 2. The van der Waals surface area contributed by atoms with E-state index in [-0.39, 0.29) is 11.8 Å². The number of carboxylic acid groups (broad SMARTS) is 1. The Bertz CT molecular complexity index is 352. The summed E-state index contributed by atoms with van der Waals surface area (Å²) in [7, 11) is 0. The number of nitrogens with two attached hydrogens (primary N) is 1. The number of carboxylic acids is 1. The maximum atomic E-state index is 12.3. The molecule has 1 fully saturated rings. The lowest BCUT2D eigenvalue weighted by Crippen LogP contribution is -2.53. The van der Waals surface area contributed by atoms with Crippen molar-refractivity contribution >= 4 is 11.9 Å². The lowest BCUT2D eigenvalue weighted by molar-refractivity contribution is -0.144. The van der Waals surface area contributed by atoms with Crippen molar-refractivity contribution in [3.05, 3.63) is 0 Å². The van der Waals surface area contributed by atoms with Gasteiger partial charge in [-0.05, 0) is 31.7 Å². The monoisotopic (exact) mass is 299 g/mol. The number of rotatable bonds is 7. The van der Waals surface area contributed by atoms with Crippen molar-refractivity contribution in [3.8, 4) is 0 Å². The van der Waals surface area contributed by atoms with Gasteiger partial charge in [0, 0.05) is 32.6 Å². The number of nitrogens with zero attached hydrogens (tertiary/aromatic N) is 2. The predicted molar refractivity (Wildman–Crippen MR) is 81.9 cm³/mol. The number of carbonyl (C=O) groups is 2. The van der Waals surface area contributed by atoms with Crippen molar-refractivity contribution in [2.45, 2.75) is 39.7 Å². The molecule has 3 N–H and O–H groups in total. The van der Waals surface area contributed by atoms with E-state index >= 15 is 0 Å². The predicted octanol–water partition coefficient (Wildman–Crippen LogP) is 0.615. The van der Waals surface area contributed by atoms with Crippen LogP contribution in [-0.2, 0) is 9.59 Å². The number of aliphatic carboxylic acids is 1. The number of piperazine rings is 1. The molecule has 2 atom stereocenters. The third kappa shape index (κ3) is 5.63. The second-order valence-electron chi connectivity index (χ2n) is 6.37. The van der Waals surface area contributed by atoms with E-state index < -0.39 is 12.0 Å². The van der Waals surface area contributed by atoms with E-state index in [9.17, 15) is 9.59 Å². The largest absolute Gasteiger partial charge is 0.480 e. The van der Waals surface area contributed by atoms with Crippen LogP contribution < -0.4 is 5.73 Å². The van der Waals surface area contributed by atoms with Gasteiger partial charge >= 0.3 is 5.97 Å². The van der Waals surface area contributed by atoms with Crippen LogP contribution in [0.2, 0.25) is 0 Å². The first-order valence-corrected chi connectivity index (χ1v) is 7.79. The molecule has 1 amide bonds. The quantitative estimate of drug-likeness (QED) is 0.719. The summed E-state index contributed by atoms with van der Waals surface area (Å²) in [4.78, 5) is 27.0. The van der Waals surface area contributed by atoms with Crippen LogP contribution in [0, 0.1) is 11.8 Å². The topological polar surface area (TPSA) is 86.9 Å². The van der Waals surface area contributed by atoms with Crippen molar-refractivity contribution in [2.24, 2.45) is 17.6 Å². The van der Waals surface area contributed by atoms with Crippen LogP contribution in [0.25, 0.3) is 0 Å². The van der Waals surface area contributed by atoms with E-state index in [1.165, 1.54) is 0 Å². The van der Waals surface area contributed by atoms with Gasteiger partial charge < -0.3 is 15.7 Å². The first-order chi connectivity index (χ1) is 9.85. The molecule has 0 aromatic carbocycles. The molecule has 21 heavy (non-hydrogen) atoms. The Balaban J connectivity index is 2.42. The van der Waals surface area contributed by atoms with E-state index in [1.54, 1.807) is 6.92 Å². The van der Waals surface area contributed by atoms with Crippen LogP contribution in [-0.4, -0.2) is 65.5 Å². The van der Waals surface area contributed by atoms with Crippen molar-refractivity contribution in [3.63, 3.8) is 0 Å². The maximum Gasteiger partial charge on any atom is 0.320 e. The highest BCUT2D eigenvalue weighted by atomic mass is 16.4. The third-order valence-corrected chi connectivity index (χ3v) is 4.17. The molecule has 0 bridgehead atoms. The molecule has 1 aliphatic heterocycles. The lowest BCUT2D eigenvalue weighted by Gasteiger charge is -2.37. The SMILES string of the molecule is CC(C)C[C@H](CN)CC(=O)N1CCN(C(C)C(=O)O)CC1. The minimum absolute atomic E-state index is 0.147. The summed E-state index contributed by atoms with van der Waals surface area (Å²) in [6.07, 6.45) is 1.47. The van der Waals surface area contributed by atoms with Crippen molar-refractivity contribution in [1.82, 2.24) is 9.80 Å². The molecule has 1 heterocycles. The fourth-order valence-corrected chi connectivity index (χ4v) is 2.82. The molecule has 0 spiro atoms. The minimum Gasteiger partial charge on any atom is -0.480 e. The molecular formula is C15H29N3O3. The maximum absolute atomic E-state index is 12.3. The lowest BCUT2D eigenvalue weighted by atomic mass is 9.93. The molecule has 1 rings (SSSR count). The highest BCUT2D eigenvalue weighted by Gasteiger charge is 2.27. The zero-order valence-electron chi connectivity index (χ0n) is 13.4. The van der Waals surface area contributed by atoms with Gasteiger partial charge in [-0.25, -0.2) is 0 Å². The second-order valence-corrected chi connectivity index (χ2v) is 6.37. The summed E-state index contributed by atoms with van der Waals surface area (Å²) in [6, 6.07) is -0.486. The molecule has 122 valence electrons. The van der Waals surface area contributed by atoms with Crippen LogP contribution >= 0.6 is 0 Å². The average molecular weight is 299 g/mol. The van der Waals surface area contributed by atoms with Gasteiger partial charge in [-0.1, -0.05) is 13.8 Å². The molecule has 1 unspecified atom stereocenters. The molecule has 1 aliphatic rings. The van der Waals surface area contributed by atoms with Crippen molar-refractivity contribution in [1.29, 1.82) is 0 Å². The average Bonchev–Trinajstić information content (AvgIpc) is 2.45. The molecule has 0 aliphatic carbocycles. The highest BCUT2D eigenvalue weighted by Crippen LogP contribution is 2.16. The Kier molecular flexibility index (Phi) is 7.11. The summed E-state index contributed by atoms with van der Waals surface area (Å²) >= 11 is 0. The van der Waals surface area contributed by atoms with Gasteiger partial charge in [0.1, 0.15) is 6.04 Å². The molecule has 6 nitrogen and oxygen atoms in total. The summed E-state index contributed by atoms with van der Waals surface area (Å²) in [6.45, 7) is 8.96. The van der Waals surface area contributed by atoms with Gasteiger partial charge in [-0.15, -0.1) is 0 Å². The molecule has 0 radical (unpaired) electrons. The van der Waals surface area contributed by atoms with Gasteiger partial charge in [0.2, 0.25) is 5.91 Å². The zero-order chi connectivity index (χ0) is 16.0. The van der Waals surface area contributed by atoms with E-state index in [0.29, 0.717) is 45.1 Å². The molecule has 6 heteroatoms. The Morgan fingerprint density at radius 1 is 1.14 bits per heavy atom. The van der Waals surface area contributed by atoms with Crippen LogP contribution in [0.1, 0.15) is 33.6 Å². The van der Waals surface area contributed by atoms with E-state index in [4.69, 9.17) is 10.8 Å². The van der Waals surface area contributed by atoms with Gasteiger partial charge in [-0.2, -0.15) is 0 Å². The van der Waals surface area contributed by atoms with Gasteiger partial charge in [0.05, 0.1) is 0 Å². The molecular weight excluding hydrogens is 270 g/mol. The smallest absolute Gasteiger partial charge is 0.320 e. The van der Waals surface area contributed by atoms with Crippen LogP contribution in [0.4, 0.5) is 0 Å². The van der Waals surface area contributed by atoms with Crippen LogP contribution in [0.3, 0.4) is 0 Å². The first-order valence-electron chi connectivity index (χ1n) is 7.79. The van der Waals surface area contributed by atoms with Crippen LogP contribution in [0.15, 0.2) is 0 Å². The standard InChI is InChI=1S/C15H29N3O3/c1-11(2)8-13(10-16)9-14(19)18-6-4-17(5-7-18)12(3)15(20)21/h11-13H,4-10,16H2,1-3H3,(H,20,21)/t12?,13-/m0/s1. The Morgan fingerprint density at radius 3 is 2.14 bits per heavy atom. The zero-order valence-corrected chi connectivity index (χ0v) is 13.4. The molecule has 1 saturated heterocycles. The van der Waals surface area contributed by atoms with Gasteiger partial charge in [0.25, 0.3) is 0 Å².